The molecule has 2 heterocycles. The Balaban J connectivity index is 1.90. The number of hydrogen-bond donors (Lipinski definition) is 2. The zero-order chi connectivity index (χ0) is 16.7. The Morgan fingerprint density at radius 3 is 2.78 bits per heavy atom. The molecule has 2 N–H and O–H groups in total. The second kappa shape index (κ2) is 8.86. The van der Waals surface area contributed by atoms with Gasteiger partial charge in [0.05, 0.1) is 6.54 Å². The Morgan fingerprint density at radius 2 is 2.22 bits per heavy atom. The van der Waals surface area contributed by atoms with E-state index in [1.54, 1.807) is 18.4 Å². The molecule has 1 aromatic rings. The van der Waals surface area contributed by atoms with Gasteiger partial charge in [-0.3, -0.25) is 4.79 Å². The number of rotatable bonds is 5. The number of piperidine rings is 1. The predicted octanol–water partition coefficient (Wildman–Crippen LogP) is 1.77. The van der Waals surface area contributed by atoms with Crippen molar-refractivity contribution in [2.75, 3.05) is 26.7 Å². The first kappa shape index (κ1) is 17.7. The van der Waals surface area contributed by atoms with E-state index in [0.29, 0.717) is 18.9 Å². The molecule has 0 saturated carbocycles. The fraction of sp³-hybridized carbons (Fsp3) is 0.688. The average Bonchev–Trinajstić information content (AvgIpc) is 2.97. The van der Waals surface area contributed by atoms with Crippen LogP contribution in [0.5, 0.6) is 0 Å². The number of nitrogens with one attached hydrogen (secondary N) is 2. The van der Waals surface area contributed by atoms with Crippen LogP contribution in [0.3, 0.4) is 0 Å². The number of thiazole rings is 1. The lowest BCUT2D eigenvalue weighted by molar-refractivity contribution is -0.121. The van der Waals surface area contributed by atoms with E-state index in [4.69, 9.17) is 4.99 Å². The molecule has 0 spiro atoms. The molecule has 0 aromatic carbocycles. The number of amides is 1. The minimum atomic E-state index is 0.142. The van der Waals surface area contributed by atoms with Gasteiger partial charge in [0.1, 0.15) is 5.01 Å². The number of aromatic nitrogens is 1. The minimum absolute atomic E-state index is 0.142. The molecule has 1 amide bonds. The smallest absolute Gasteiger partial charge is 0.220 e. The van der Waals surface area contributed by atoms with Gasteiger partial charge in [0.2, 0.25) is 5.91 Å². The quantitative estimate of drug-likeness (QED) is 0.635. The number of guanidine groups is 1. The van der Waals surface area contributed by atoms with Crippen molar-refractivity contribution in [1.29, 1.82) is 0 Å². The van der Waals surface area contributed by atoms with Crippen LogP contribution in [0.1, 0.15) is 36.1 Å². The Kier molecular flexibility index (Phi) is 6.83. The first-order valence-corrected chi connectivity index (χ1v) is 9.09. The molecule has 1 aliphatic heterocycles. The van der Waals surface area contributed by atoms with E-state index in [9.17, 15) is 4.79 Å². The lowest BCUT2D eigenvalue weighted by atomic mass is 9.93. The van der Waals surface area contributed by atoms with E-state index in [0.717, 1.165) is 43.4 Å². The third-order valence-corrected chi connectivity index (χ3v) is 4.93. The maximum atomic E-state index is 11.5. The summed E-state index contributed by atoms with van der Waals surface area (Å²) in [6.45, 7) is 7.52. The molecule has 7 heteroatoms. The van der Waals surface area contributed by atoms with Crippen LogP contribution in [-0.4, -0.2) is 48.4 Å². The highest BCUT2D eigenvalue weighted by Gasteiger charge is 2.23. The number of carbonyl (C=O) groups is 1. The van der Waals surface area contributed by atoms with Gasteiger partial charge in [0.25, 0.3) is 0 Å². The molecule has 1 fully saturated rings. The largest absolute Gasteiger partial charge is 0.359 e. The number of carbonyl (C=O) groups excluding carboxylic acids is 1. The molecular weight excluding hydrogens is 310 g/mol. The van der Waals surface area contributed by atoms with Crippen molar-refractivity contribution in [1.82, 2.24) is 20.5 Å². The highest BCUT2D eigenvalue weighted by Crippen LogP contribution is 2.20. The fourth-order valence-electron chi connectivity index (χ4n) is 2.76. The van der Waals surface area contributed by atoms with Gasteiger partial charge >= 0.3 is 0 Å². The van der Waals surface area contributed by atoms with Crippen molar-refractivity contribution in [3.63, 3.8) is 0 Å². The Bertz CT molecular complexity index is 534. The van der Waals surface area contributed by atoms with Crippen LogP contribution in [0.15, 0.2) is 11.2 Å². The van der Waals surface area contributed by atoms with E-state index >= 15 is 0 Å². The van der Waals surface area contributed by atoms with Gasteiger partial charge in [-0.15, -0.1) is 11.3 Å². The number of aryl methyl sites for hydroxylation is 1. The van der Waals surface area contributed by atoms with Crippen LogP contribution in [0.2, 0.25) is 0 Å². The Hall–Kier alpha value is -1.63. The van der Waals surface area contributed by atoms with Crippen molar-refractivity contribution in [2.24, 2.45) is 10.9 Å². The molecule has 0 unspecified atom stereocenters. The fourth-order valence-corrected chi connectivity index (χ4v) is 3.47. The maximum absolute atomic E-state index is 11.5. The Labute approximate surface area is 142 Å². The van der Waals surface area contributed by atoms with E-state index in [2.05, 4.69) is 34.4 Å². The van der Waals surface area contributed by atoms with Crippen LogP contribution in [0.25, 0.3) is 0 Å². The summed E-state index contributed by atoms with van der Waals surface area (Å²) in [6, 6.07) is 0. The Morgan fingerprint density at radius 1 is 1.48 bits per heavy atom. The highest BCUT2D eigenvalue weighted by atomic mass is 32.1. The summed E-state index contributed by atoms with van der Waals surface area (Å²) in [5.74, 6) is 1.58. The van der Waals surface area contributed by atoms with Crippen molar-refractivity contribution in [2.45, 2.75) is 39.7 Å². The SMILES string of the molecule is CCNC(=NCc1ncc(C)s1)N1CCC(CC(=O)NC)CC1. The van der Waals surface area contributed by atoms with Gasteiger partial charge in [-0.2, -0.15) is 0 Å². The maximum Gasteiger partial charge on any atom is 0.220 e. The summed E-state index contributed by atoms with van der Waals surface area (Å²) in [5.41, 5.74) is 0. The predicted molar refractivity (Wildman–Crippen MR) is 94.6 cm³/mol. The molecule has 0 radical (unpaired) electrons. The van der Waals surface area contributed by atoms with E-state index in [-0.39, 0.29) is 5.91 Å². The third kappa shape index (κ3) is 5.49. The summed E-state index contributed by atoms with van der Waals surface area (Å²) in [5, 5.41) is 7.13. The van der Waals surface area contributed by atoms with Crippen molar-refractivity contribution in [3.05, 3.63) is 16.1 Å². The van der Waals surface area contributed by atoms with Crippen LogP contribution >= 0.6 is 11.3 Å². The van der Waals surface area contributed by atoms with E-state index in [1.165, 1.54) is 4.88 Å². The molecule has 0 atom stereocenters. The molecule has 0 aliphatic carbocycles. The minimum Gasteiger partial charge on any atom is -0.359 e. The van der Waals surface area contributed by atoms with Crippen molar-refractivity contribution in [3.8, 4) is 0 Å². The summed E-state index contributed by atoms with van der Waals surface area (Å²) in [6.07, 6.45) is 4.60. The van der Waals surface area contributed by atoms with Crippen LogP contribution < -0.4 is 10.6 Å². The average molecular weight is 337 g/mol. The number of aliphatic imine (C=N–C) groups is 1. The third-order valence-electron chi connectivity index (χ3n) is 4.04. The van der Waals surface area contributed by atoms with Gasteiger partial charge in [-0.25, -0.2) is 9.98 Å². The number of likely N-dealkylation sites (tertiary alicyclic amines) is 1. The number of hydrogen-bond acceptors (Lipinski definition) is 4. The van der Waals surface area contributed by atoms with Crippen molar-refractivity contribution < 1.29 is 4.79 Å². The lowest BCUT2D eigenvalue weighted by Gasteiger charge is -2.34. The zero-order valence-corrected chi connectivity index (χ0v) is 15.1. The standard InChI is InChI=1S/C16H27N5OS/c1-4-18-16(20-11-15-19-10-12(2)23-15)21-7-5-13(6-8-21)9-14(22)17-3/h10,13H,4-9,11H2,1-3H3,(H,17,22)(H,18,20). The van der Waals surface area contributed by atoms with E-state index in [1.807, 2.05) is 6.20 Å². The normalized spacial score (nSPS) is 16.5. The molecule has 6 nitrogen and oxygen atoms in total. The summed E-state index contributed by atoms with van der Waals surface area (Å²) < 4.78 is 0. The molecule has 2 rings (SSSR count). The van der Waals surface area contributed by atoms with E-state index < -0.39 is 0 Å². The molecule has 1 aliphatic rings. The van der Waals surface area contributed by atoms with Crippen LogP contribution in [0.4, 0.5) is 0 Å². The molecule has 1 aromatic heterocycles. The number of nitrogens with zero attached hydrogens (tertiary/aromatic N) is 3. The highest BCUT2D eigenvalue weighted by molar-refractivity contribution is 7.11. The van der Waals surface area contributed by atoms with Crippen LogP contribution in [-0.2, 0) is 11.3 Å². The topological polar surface area (TPSA) is 69.6 Å². The summed E-state index contributed by atoms with van der Waals surface area (Å²) >= 11 is 1.70. The second-order valence-electron chi connectivity index (χ2n) is 5.84. The molecular formula is C16H27N5OS. The lowest BCUT2D eigenvalue weighted by Crippen LogP contribution is -2.46. The van der Waals surface area contributed by atoms with Gasteiger partial charge in [-0.1, -0.05) is 0 Å². The van der Waals surface area contributed by atoms with Crippen LogP contribution in [0, 0.1) is 12.8 Å². The molecule has 0 bridgehead atoms. The molecule has 128 valence electrons. The molecule has 1 saturated heterocycles. The molecule has 23 heavy (non-hydrogen) atoms. The second-order valence-corrected chi connectivity index (χ2v) is 7.16. The first-order valence-electron chi connectivity index (χ1n) is 8.27. The van der Waals surface area contributed by atoms with Gasteiger partial charge < -0.3 is 15.5 Å². The first-order chi connectivity index (χ1) is 11.1. The summed E-state index contributed by atoms with van der Waals surface area (Å²) in [7, 11) is 1.70. The van der Waals surface area contributed by atoms with Gasteiger partial charge in [0.15, 0.2) is 5.96 Å². The zero-order valence-electron chi connectivity index (χ0n) is 14.3. The monoisotopic (exact) mass is 337 g/mol. The van der Waals surface area contributed by atoms with Crippen molar-refractivity contribution >= 4 is 23.2 Å². The van der Waals surface area contributed by atoms with Gasteiger partial charge in [0, 0.05) is 44.2 Å². The van der Waals surface area contributed by atoms with Gasteiger partial charge in [-0.05, 0) is 32.6 Å². The summed E-state index contributed by atoms with van der Waals surface area (Å²) in [4.78, 5) is 24.1.